The summed E-state index contributed by atoms with van der Waals surface area (Å²) in [6.45, 7) is 8.02. The van der Waals surface area contributed by atoms with Crippen LogP contribution in [0.25, 0.3) is 0 Å². The summed E-state index contributed by atoms with van der Waals surface area (Å²) in [5, 5.41) is 8.97. The second-order valence-corrected chi connectivity index (χ2v) is 5.49. The number of rotatable bonds is 3. The van der Waals surface area contributed by atoms with E-state index in [1.165, 1.54) is 12.8 Å². The van der Waals surface area contributed by atoms with Gasteiger partial charge in [-0.3, -0.25) is 4.90 Å². The molecule has 2 unspecified atom stereocenters. The number of likely N-dealkylation sites (tertiary alicyclic amines) is 1. The van der Waals surface area contributed by atoms with E-state index in [9.17, 15) is 4.79 Å². The Morgan fingerprint density at radius 3 is 2.83 bits per heavy atom. The monoisotopic (exact) mass is 251 g/mol. The SMILES string of the molecule is Cc1cc(CN2CC(C)CCC2C)oc1C(=O)O. The van der Waals surface area contributed by atoms with Crippen LogP contribution in [0.2, 0.25) is 0 Å². The third-order valence-electron chi connectivity index (χ3n) is 3.77. The summed E-state index contributed by atoms with van der Waals surface area (Å²) in [7, 11) is 0. The number of carbonyl (C=O) groups is 1. The summed E-state index contributed by atoms with van der Waals surface area (Å²) in [5.74, 6) is 0.545. The van der Waals surface area contributed by atoms with Gasteiger partial charge in [-0.25, -0.2) is 4.79 Å². The van der Waals surface area contributed by atoms with Gasteiger partial charge < -0.3 is 9.52 Å². The lowest BCUT2D eigenvalue weighted by Gasteiger charge is -2.36. The van der Waals surface area contributed by atoms with Gasteiger partial charge in [0.2, 0.25) is 5.76 Å². The van der Waals surface area contributed by atoms with E-state index < -0.39 is 5.97 Å². The largest absolute Gasteiger partial charge is 0.475 e. The van der Waals surface area contributed by atoms with E-state index in [0.29, 0.717) is 24.1 Å². The Kier molecular flexibility index (Phi) is 3.76. The number of hydrogen-bond acceptors (Lipinski definition) is 3. The molecule has 18 heavy (non-hydrogen) atoms. The van der Waals surface area contributed by atoms with E-state index in [1.807, 2.05) is 6.07 Å². The Morgan fingerprint density at radius 2 is 2.22 bits per heavy atom. The molecule has 0 radical (unpaired) electrons. The molecule has 0 bridgehead atoms. The summed E-state index contributed by atoms with van der Waals surface area (Å²) in [4.78, 5) is 13.3. The molecule has 1 N–H and O–H groups in total. The van der Waals surface area contributed by atoms with Crippen molar-refractivity contribution in [2.75, 3.05) is 6.54 Å². The van der Waals surface area contributed by atoms with E-state index >= 15 is 0 Å². The van der Waals surface area contributed by atoms with Crippen molar-refractivity contribution in [3.05, 3.63) is 23.2 Å². The lowest BCUT2D eigenvalue weighted by Crippen LogP contribution is -2.40. The standard InChI is InChI=1S/C14H21NO3/c1-9-4-5-11(3)15(7-9)8-12-6-10(2)13(18-12)14(16)17/h6,9,11H,4-5,7-8H2,1-3H3,(H,16,17). The molecular weight excluding hydrogens is 230 g/mol. The Bertz CT molecular complexity index is 438. The van der Waals surface area contributed by atoms with Crippen LogP contribution in [0.3, 0.4) is 0 Å². The van der Waals surface area contributed by atoms with Crippen molar-refractivity contribution in [2.24, 2.45) is 5.92 Å². The summed E-state index contributed by atoms with van der Waals surface area (Å²) >= 11 is 0. The molecule has 2 atom stereocenters. The van der Waals surface area contributed by atoms with Crippen molar-refractivity contribution in [1.82, 2.24) is 4.90 Å². The normalized spacial score (nSPS) is 25.3. The molecule has 0 aliphatic carbocycles. The van der Waals surface area contributed by atoms with Crippen LogP contribution in [0.4, 0.5) is 0 Å². The van der Waals surface area contributed by atoms with Crippen LogP contribution < -0.4 is 0 Å². The Morgan fingerprint density at radius 1 is 1.50 bits per heavy atom. The van der Waals surface area contributed by atoms with Gasteiger partial charge in [0.05, 0.1) is 6.54 Å². The average molecular weight is 251 g/mol. The van der Waals surface area contributed by atoms with Gasteiger partial charge in [-0.1, -0.05) is 6.92 Å². The van der Waals surface area contributed by atoms with Gasteiger partial charge in [0, 0.05) is 18.2 Å². The highest BCUT2D eigenvalue weighted by atomic mass is 16.4. The molecule has 0 amide bonds. The van der Waals surface area contributed by atoms with Crippen molar-refractivity contribution in [2.45, 2.75) is 46.2 Å². The molecule has 1 fully saturated rings. The number of piperidine rings is 1. The van der Waals surface area contributed by atoms with Crippen molar-refractivity contribution in [1.29, 1.82) is 0 Å². The molecule has 0 aromatic carbocycles. The predicted octanol–water partition coefficient (Wildman–Crippen LogP) is 2.91. The number of nitrogens with zero attached hydrogens (tertiary/aromatic N) is 1. The smallest absolute Gasteiger partial charge is 0.372 e. The maximum atomic E-state index is 10.9. The fourth-order valence-corrected chi connectivity index (χ4v) is 2.64. The molecule has 100 valence electrons. The van der Waals surface area contributed by atoms with Crippen LogP contribution in [-0.2, 0) is 6.54 Å². The molecule has 4 nitrogen and oxygen atoms in total. The first-order valence-corrected chi connectivity index (χ1v) is 6.54. The van der Waals surface area contributed by atoms with Gasteiger partial charge in [0.1, 0.15) is 5.76 Å². The molecule has 1 aliphatic rings. The first kappa shape index (κ1) is 13.1. The zero-order chi connectivity index (χ0) is 13.3. The van der Waals surface area contributed by atoms with Crippen molar-refractivity contribution < 1.29 is 14.3 Å². The second-order valence-electron chi connectivity index (χ2n) is 5.49. The molecule has 1 aliphatic heterocycles. The highest BCUT2D eigenvalue weighted by Gasteiger charge is 2.24. The van der Waals surface area contributed by atoms with Gasteiger partial charge in [0.15, 0.2) is 0 Å². The molecule has 2 heterocycles. The van der Waals surface area contributed by atoms with Crippen molar-refractivity contribution >= 4 is 5.97 Å². The fraction of sp³-hybridized carbons (Fsp3) is 0.643. The summed E-state index contributed by atoms with van der Waals surface area (Å²) in [6.07, 6.45) is 2.47. The van der Waals surface area contributed by atoms with Crippen LogP contribution in [0.1, 0.15) is 48.6 Å². The molecule has 0 saturated carbocycles. The summed E-state index contributed by atoms with van der Waals surface area (Å²) in [5.41, 5.74) is 0.704. The van der Waals surface area contributed by atoms with E-state index in [2.05, 4.69) is 18.7 Å². The van der Waals surface area contributed by atoms with Gasteiger partial charge >= 0.3 is 5.97 Å². The van der Waals surface area contributed by atoms with Gasteiger partial charge in [0.25, 0.3) is 0 Å². The maximum Gasteiger partial charge on any atom is 0.372 e. The zero-order valence-corrected chi connectivity index (χ0v) is 11.3. The topological polar surface area (TPSA) is 53.7 Å². The van der Waals surface area contributed by atoms with Crippen molar-refractivity contribution in [3.8, 4) is 0 Å². The lowest BCUT2D eigenvalue weighted by molar-refractivity contribution is 0.0651. The van der Waals surface area contributed by atoms with Gasteiger partial charge in [-0.05, 0) is 38.7 Å². The first-order valence-electron chi connectivity index (χ1n) is 6.54. The van der Waals surface area contributed by atoms with Gasteiger partial charge in [-0.15, -0.1) is 0 Å². The van der Waals surface area contributed by atoms with Crippen LogP contribution in [0.5, 0.6) is 0 Å². The first-order chi connectivity index (χ1) is 8.47. The number of aryl methyl sites for hydroxylation is 1. The molecule has 1 aromatic rings. The minimum Gasteiger partial charge on any atom is -0.475 e. The predicted molar refractivity (Wildman–Crippen MR) is 68.7 cm³/mol. The Balaban J connectivity index is 2.08. The van der Waals surface area contributed by atoms with Crippen LogP contribution in [0, 0.1) is 12.8 Å². The van der Waals surface area contributed by atoms with Gasteiger partial charge in [-0.2, -0.15) is 0 Å². The minimum absolute atomic E-state index is 0.0720. The second kappa shape index (κ2) is 5.14. The van der Waals surface area contributed by atoms with E-state index in [4.69, 9.17) is 9.52 Å². The van der Waals surface area contributed by atoms with Crippen molar-refractivity contribution in [3.63, 3.8) is 0 Å². The summed E-state index contributed by atoms with van der Waals surface area (Å²) in [6, 6.07) is 2.38. The molecule has 0 spiro atoms. The number of hydrogen-bond donors (Lipinski definition) is 1. The number of furan rings is 1. The molecular formula is C14H21NO3. The molecule has 1 saturated heterocycles. The Labute approximate surface area is 108 Å². The van der Waals surface area contributed by atoms with Crippen LogP contribution >= 0.6 is 0 Å². The maximum absolute atomic E-state index is 10.9. The van der Waals surface area contributed by atoms with E-state index in [1.54, 1.807) is 6.92 Å². The number of aromatic carboxylic acids is 1. The van der Waals surface area contributed by atoms with Crippen LogP contribution in [-0.4, -0.2) is 28.6 Å². The zero-order valence-electron chi connectivity index (χ0n) is 11.3. The highest BCUT2D eigenvalue weighted by Crippen LogP contribution is 2.24. The number of carboxylic acids is 1. The third kappa shape index (κ3) is 2.75. The lowest BCUT2D eigenvalue weighted by atomic mass is 9.95. The molecule has 1 aromatic heterocycles. The van der Waals surface area contributed by atoms with E-state index in [-0.39, 0.29) is 5.76 Å². The highest BCUT2D eigenvalue weighted by molar-refractivity contribution is 5.86. The molecule has 4 heteroatoms. The minimum atomic E-state index is -0.987. The average Bonchev–Trinajstić information content (AvgIpc) is 2.65. The van der Waals surface area contributed by atoms with Crippen LogP contribution in [0.15, 0.2) is 10.5 Å². The van der Waals surface area contributed by atoms with E-state index in [0.717, 1.165) is 12.3 Å². The molecule has 2 rings (SSSR count). The number of carboxylic acid groups (broad SMARTS) is 1. The fourth-order valence-electron chi connectivity index (χ4n) is 2.64. The summed E-state index contributed by atoms with van der Waals surface area (Å²) < 4.78 is 5.42. The Hall–Kier alpha value is -1.29. The quantitative estimate of drug-likeness (QED) is 0.897. The third-order valence-corrected chi connectivity index (χ3v) is 3.77.